The summed E-state index contributed by atoms with van der Waals surface area (Å²) in [6.07, 6.45) is 0. The van der Waals surface area contributed by atoms with Crippen LogP contribution in [0.3, 0.4) is 0 Å². The number of thiophene rings is 1. The van der Waals surface area contributed by atoms with Crippen LogP contribution in [0.25, 0.3) is 0 Å². The van der Waals surface area contributed by atoms with Crippen LogP contribution in [0.2, 0.25) is 5.02 Å². The maximum atomic E-state index is 12.0. The Bertz CT molecular complexity index is 734. The number of sulfonamides is 1. The number of carbonyl (C=O) groups is 1. The van der Waals surface area contributed by atoms with Gasteiger partial charge in [0, 0.05) is 0 Å². The molecule has 2 rings (SSSR count). The van der Waals surface area contributed by atoms with E-state index in [1.807, 2.05) is 0 Å². The Labute approximate surface area is 116 Å². The van der Waals surface area contributed by atoms with Crippen molar-refractivity contribution in [2.24, 2.45) is 0 Å². The standard InChI is InChI=1S/C9H7ClN2O5S2/c1-4-6(10)8(11-17-4)12-19(15,16)5-2-3-18-7(5)9(13)14/h2-3H,1H3,(H,11,12)(H,13,14). The Morgan fingerprint density at radius 3 is 2.79 bits per heavy atom. The number of halogens is 1. The highest BCUT2D eigenvalue weighted by molar-refractivity contribution is 7.93. The van der Waals surface area contributed by atoms with E-state index in [2.05, 4.69) is 9.88 Å². The number of carboxylic acid groups (broad SMARTS) is 1. The van der Waals surface area contributed by atoms with Crippen LogP contribution in [0.4, 0.5) is 5.82 Å². The van der Waals surface area contributed by atoms with Gasteiger partial charge in [-0.25, -0.2) is 13.2 Å². The van der Waals surface area contributed by atoms with Crippen molar-refractivity contribution in [3.63, 3.8) is 0 Å². The van der Waals surface area contributed by atoms with E-state index in [0.29, 0.717) is 0 Å². The average molecular weight is 323 g/mol. The highest BCUT2D eigenvalue weighted by Gasteiger charge is 2.26. The second-order valence-corrected chi connectivity index (χ2v) is 6.37. The summed E-state index contributed by atoms with van der Waals surface area (Å²) in [5.74, 6) is -1.25. The molecule has 0 atom stereocenters. The van der Waals surface area contributed by atoms with Crippen molar-refractivity contribution in [3.8, 4) is 0 Å². The van der Waals surface area contributed by atoms with Gasteiger partial charge in [-0.1, -0.05) is 16.8 Å². The summed E-state index contributed by atoms with van der Waals surface area (Å²) in [7, 11) is -4.08. The van der Waals surface area contributed by atoms with Gasteiger partial charge in [0.05, 0.1) is 0 Å². The minimum absolute atomic E-state index is 0.0238. The molecule has 0 amide bonds. The number of anilines is 1. The molecule has 0 saturated heterocycles. The Morgan fingerprint density at radius 1 is 1.58 bits per heavy atom. The van der Waals surface area contributed by atoms with E-state index in [4.69, 9.17) is 21.2 Å². The summed E-state index contributed by atoms with van der Waals surface area (Å²) in [6, 6.07) is 1.19. The van der Waals surface area contributed by atoms with E-state index in [1.54, 1.807) is 0 Å². The molecular weight excluding hydrogens is 316 g/mol. The number of hydrogen-bond acceptors (Lipinski definition) is 6. The molecule has 2 heterocycles. The van der Waals surface area contributed by atoms with Crippen molar-refractivity contribution in [1.82, 2.24) is 5.16 Å². The van der Waals surface area contributed by atoms with Crippen molar-refractivity contribution in [1.29, 1.82) is 0 Å². The molecule has 19 heavy (non-hydrogen) atoms. The summed E-state index contributed by atoms with van der Waals surface area (Å²) >= 11 is 6.59. The van der Waals surface area contributed by atoms with Crippen molar-refractivity contribution >= 4 is 44.7 Å². The summed E-state index contributed by atoms with van der Waals surface area (Å²) < 4.78 is 30.9. The van der Waals surface area contributed by atoms with Gasteiger partial charge in [0.25, 0.3) is 10.0 Å². The molecule has 7 nitrogen and oxygen atoms in total. The molecule has 102 valence electrons. The zero-order chi connectivity index (χ0) is 14.2. The number of rotatable bonds is 4. The molecule has 0 aliphatic carbocycles. The number of aryl methyl sites for hydroxylation is 1. The minimum Gasteiger partial charge on any atom is -0.477 e. The van der Waals surface area contributed by atoms with Gasteiger partial charge >= 0.3 is 5.97 Å². The summed E-state index contributed by atoms with van der Waals surface area (Å²) in [6.45, 7) is 1.51. The van der Waals surface area contributed by atoms with Gasteiger partial charge in [-0.15, -0.1) is 11.3 Å². The first-order valence-corrected chi connectivity index (χ1v) is 7.52. The molecule has 0 aromatic carbocycles. The molecule has 0 unspecified atom stereocenters. The Kier molecular flexibility index (Phi) is 3.52. The molecule has 0 aliphatic heterocycles. The first-order chi connectivity index (χ1) is 8.83. The van der Waals surface area contributed by atoms with Crippen molar-refractivity contribution in [2.45, 2.75) is 11.8 Å². The fourth-order valence-electron chi connectivity index (χ4n) is 1.27. The molecule has 0 saturated carbocycles. The summed E-state index contributed by atoms with van der Waals surface area (Å²) in [5.41, 5.74) is 0. The third kappa shape index (κ3) is 2.57. The Hall–Kier alpha value is -1.58. The van der Waals surface area contributed by atoms with Gasteiger partial charge in [0.1, 0.15) is 14.8 Å². The van der Waals surface area contributed by atoms with Gasteiger partial charge in [-0.05, 0) is 18.4 Å². The fourth-order valence-corrected chi connectivity index (χ4v) is 3.71. The number of nitrogens with one attached hydrogen (secondary N) is 1. The van der Waals surface area contributed by atoms with Crippen LogP contribution in [0.5, 0.6) is 0 Å². The molecule has 0 radical (unpaired) electrons. The normalized spacial score (nSPS) is 11.5. The van der Waals surface area contributed by atoms with E-state index in [9.17, 15) is 13.2 Å². The highest BCUT2D eigenvalue weighted by atomic mass is 35.5. The summed E-state index contributed by atoms with van der Waals surface area (Å²) in [5, 5.41) is 13.7. The van der Waals surface area contributed by atoms with E-state index in [-0.39, 0.29) is 26.4 Å². The Morgan fingerprint density at radius 2 is 2.26 bits per heavy atom. The second-order valence-electron chi connectivity index (χ2n) is 3.43. The largest absolute Gasteiger partial charge is 0.477 e. The fraction of sp³-hybridized carbons (Fsp3) is 0.111. The van der Waals surface area contributed by atoms with E-state index in [1.165, 1.54) is 18.4 Å². The lowest BCUT2D eigenvalue weighted by molar-refractivity contribution is 0.0698. The van der Waals surface area contributed by atoms with Crippen molar-refractivity contribution < 1.29 is 22.8 Å². The zero-order valence-corrected chi connectivity index (χ0v) is 11.8. The van der Waals surface area contributed by atoms with Gasteiger partial charge in [0.15, 0.2) is 5.76 Å². The van der Waals surface area contributed by atoms with E-state index in [0.717, 1.165) is 11.3 Å². The number of nitrogens with zero attached hydrogens (tertiary/aromatic N) is 1. The zero-order valence-electron chi connectivity index (χ0n) is 9.38. The number of aromatic carboxylic acids is 1. The van der Waals surface area contributed by atoms with Crippen LogP contribution in [-0.2, 0) is 10.0 Å². The van der Waals surface area contributed by atoms with Crippen molar-refractivity contribution in [2.75, 3.05) is 4.72 Å². The average Bonchev–Trinajstić information content (AvgIpc) is 2.91. The minimum atomic E-state index is -4.08. The molecule has 2 aromatic heterocycles. The van der Waals surface area contributed by atoms with Crippen LogP contribution in [0.15, 0.2) is 20.9 Å². The SMILES string of the molecule is Cc1onc(NS(=O)(=O)c2ccsc2C(=O)O)c1Cl. The predicted molar refractivity (Wildman–Crippen MR) is 68.3 cm³/mol. The molecule has 0 bridgehead atoms. The smallest absolute Gasteiger partial charge is 0.347 e. The molecule has 0 spiro atoms. The topological polar surface area (TPSA) is 110 Å². The van der Waals surface area contributed by atoms with Crippen LogP contribution in [0, 0.1) is 6.92 Å². The van der Waals surface area contributed by atoms with Gasteiger partial charge in [-0.2, -0.15) is 0 Å². The van der Waals surface area contributed by atoms with Crippen LogP contribution in [-0.4, -0.2) is 24.7 Å². The third-order valence-electron chi connectivity index (χ3n) is 2.13. The number of carboxylic acids is 1. The monoisotopic (exact) mass is 322 g/mol. The molecular formula is C9H7ClN2O5S2. The van der Waals surface area contributed by atoms with Crippen molar-refractivity contribution in [3.05, 3.63) is 27.1 Å². The second kappa shape index (κ2) is 4.83. The molecule has 0 aliphatic rings. The molecule has 2 aromatic rings. The number of hydrogen-bond donors (Lipinski definition) is 2. The maximum Gasteiger partial charge on any atom is 0.347 e. The van der Waals surface area contributed by atoms with Gasteiger partial charge < -0.3 is 9.63 Å². The molecule has 0 fully saturated rings. The quantitative estimate of drug-likeness (QED) is 0.893. The summed E-state index contributed by atoms with van der Waals surface area (Å²) in [4.78, 5) is 10.3. The Balaban J connectivity index is 2.41. The van der Waals surface area contributed by atoms with E-state index < -0.39 is 16.0 Å². The lowest BCUT2D eigenvalue weighted by Gasteiger charge is -2.04. The van der Waals surface area contributed by atoms with Gasteiger partial charge in [0.2, 0.25) is 5.82 Å². The lowest BCUT2D eigenvalue weighted by atomic mass is 10.5. The first-order valence-electron chi connectivity index (χ1n) is 4.78. The van der Waals surface area contributed by atoms with Crippen LogP contribution in [0.1, 0.15) is 15.4 Å². The molecule has 2 N–H and O–H groups in total. The van der Waals surface area contributed by atoms with Crippen LogP contribution >= 0.6 is 22.9 Å². The first kappa shape index (κ1) is 13.8. The lowest BCUT2D eigenvalue weighted by Crippen LogP contribution is -2.15. The highest BCUT2D eigenvalue weighted by Crippen LogP contribution is 2.28. The van der Waals surface area contributed by atoms with Gasteiger partial charge in [-0.3, -0.25) is 4.72 Å². The maximum absolute atomic E-state index is 12.0. The van der Waals surface area contributed by atoms with E-state index >= 15 is 0 Å². The predicted octanol–water partition coefficient (Wildman–Crippen LogP) is 2.20. The third-order valence-corrected chi connectivity index (χ3v) is 4.99. The number of aromatic nitrogens is 1. The molecule has 10 heteroatoms. The van der Waals surface area contributed by atoms with Crippen LogP contribution < -0.4 is 4.72 Å².